The van der Waals surface area contributed by atoms with Crippen LogP contribution in [-0.4, -0.2) is 52.8 Å². The zero-order valence-corrected chi connectivity index (χ0v) is 22.1. The van der Waals surface area contributed by atoms with Crippen LogP contribution in [0.15, 0.2) is 72.8 Å². The Balaban J connectivity index is 1.35. The maximum atomic E-state index is 13.9. The normalized spacial score (nSPS) is 19.2. The van der Waals surface area contributed by atoms with Crippen molar-refractivity contribution < 1.29 is 14.3 Å². The van der Waals surface area contributed by atoms with Crippen LogP contribution < -0.4 is 4.74 Å². The average molecular weight is 508 g/mol. The van der Waals surface area contributed by atoms with E-state index in [2.05, 4.69) is 55.2 Å². The van der Waals surface area contributed by atoms with Gasteiger partial charge in [-0.15, -0.1) is 0 Å². The lowest BCUT2D eigenvalue weighted by molar-refractivity contribution is -0.158. The minimum absolute atomic E-state index is 0.00780. The van der Waals surface area contributed by atoms with Gasteiger partial charge in [-0.05, 0) is 52.8 Å². The van der Waals surface area contributed by atoms with E-state index in [9.17, 15) is 9.59 Å². The van der Waals surface area contributed by atoms with Crippen LogP contribution in [0.25, 0.3) is 10.9 Å². The number of carbonyl (C=O) groups is 2. The van der Waals surface area contributed by atoms with Gasteiger partial charge >= 0.3 is 0 Å². The number of fused-ring (bicyclic) bond motifs is 4. The largest absolute Gasteiger partial charge is 0.497 e. The standard InChI is InChI=1S/C32H33N3O3/c1-20(2)22-10-12-23(13-11-22)31-30-26(25-6-4-5-7-27(25)33-30)18-28-32(37)34(19-29(36)35(28)31)17-16-21-8-14-24(38-3)15-9-21/h4-15,20,28,31,33H,16-19H2,1-3H3. The Morgan fingerprint density at radius 1 is 0.974 bits per heavy atom. The van der Waals surface area contributed by atoms with Crippen molar-refractivity contribution in [2.45, 2.75) is 44.7 Å². The lowest BCUT2D eigenvalue weighted by atomic mass is 9.85. The summed E-state index contributed by atoms with van der Waals surface area (Å²) in [5.41, 5.74) is 6.59. The smallest absolute Gasteiger partial charge is 0.246 e. The van der Waals surface area contributed by atoms with Crippen LogP contribution in [0.2, 0.25) is 0 Å². The molecule has 38 heavy (non-hydrogen) atoms. The molecule has 6 nitrogen and oxygen atoms in total. The van der Waals surface area contributed by atoms with E-state index in [1.807, 2.05) is 41.3 Å². The molecule has 6 heteroatoms. The second-order valence-electron chi connectivity index (χ2n) is 10.7. The number of benzene rings is 3. The molecule has 2 aliphatic rings. The zero-order valence-electron chi connectivity index (χ0n) is 22.1. The van der Waals surface area contributed by atoms with Crippen molar-refractivity contribution in [2.75, 3.05) is 20.2 Å². The highest BCUT2D eigenvalue weighted by molar-refractivity contribution is 5.97. The van der Waals surface area contributed by atoms with E-state index in [0.717, 1.165) is 39.0 Å². The summed E-state index contributed by atoms with van der Waals surface area (Å²) < 4.78 is 5.25. The molecule has 194 valence electrons. The monoisotopic (exact) mass is 507 g/mol. The van der Waals surface area contributed by atoms with Gasteiger partial charge in [0.15, 0.2) is 0 Å². The molecule has 0 aliphatic carbocycles. The van der Waals surface area contributed by atoms with Gasteiger partial charge in [-0.25, -0.2) is 0 Å². The van der Waals surface area contributed by atoms with Crippen molar-refractivity contribution in [1.82, 2.24) is 14.8 Å². The number of amides is 2. The lowest BCUT2D eigenvalue weighted by Crippen LogP contribution is -2.63. The summed E-state index contributed by atoms with van der Waals surface area (Å²) in [6.45, 7) is 4.96. The molecule has 3 aromatic carbocycles. The third-order valence-electron chi connectivity index (χ3n) is 8.09. The highest BCUT2D eigenvalue weighted by atomic mass is 16.5. The minimum atomic E-state index is -0.520. The molecule has 2 amide bonds. The number of piperazine rings is 1. The van der Waals surface area contributed by atoms with Gasteiger partial charge in [0, 0.05) is 29.6 Å². The summed E-state index contributed by atoms with van der Waals surface area (Å²) in [7, 11) is 1.65. The number of methoxy groups -OCH3 is 1. The van der Waals surface area contributed by atoms with E-state index in [1.165, 1.54) is 5.56 Å². The van der Waals surface area contributed by atoms with Gasteiger partial charge < -0.3 is 19.5 Å². The topological polar surface area (TPSA) is 65.6 Å². The van der Waals surface area contributed by atoms with Crippen molar-refractivity contribution in [3.8, 4) is 5.75 Å². The second kappa shape index (κ2) is 9.67. The van der Waals surface area contributed by atoms with Gasteiger partial charge in [-0.3, -0.25) is 9.59 Å². The van der Waals surface area contributed by atoms with Gasteiger partial charge in [0.25, 0.3) is 0 Å². The Morgan fingerprint density at radius 2 is 1.71 bits per heavy atom. The van der Waals surface area contributed by atoms with E-state index in [1.54, 1.807) is 12.0 Å². The summed E-state index contributed by atoms with van der Waals surface area (Å²) in [4.78, 5) is 34.9. The first kappa shape index (κ1) is 24.3. The summed E-state index contributed by atoms with van der Waals surface area (Å²) in [5.74, 6) is 1.24. The number of ether oxygens (including phenoxy) is 1. The fraction of sp³-hybridized carbons (Fsp3) is 0.312. The first-order chi connectivity index (χ1) is 18.4. The first-order valence-electron chi connectivity index (χ1n) is 13.4. The first-order valence-corrected chi connectivity index (χ1v) is 13.4. The molecule has 1 fully saturated rings. The van der Waals surface area contributed by atoms with Gasteiger partial charge in [0.2, 0.25) is 11.8 Å². The predicted octanol–water partition coefficient (Wildman–Crippen LogP) is 5.23. The quantitative estimate of drug-likeness (QED) is 0.389. The van der Waals surface area contributed by atoms with Crippen LogP contribution in [0.4, 0.5) is 0 Å². The molecule has 1 aromatic heterocycles. The van der Waals surface area contributed by atoms with Gasteiger partial charge in [0.1, 0.15) is 11.8 Å². The van der Waals surface area contributed by atoms with E-state index in [4.69, 9.17) is 4.74 Å². The van der Waals surface area contributed by atoms with E-state index in [0.29, 0.717) is 25.3 Å². The highest BCUT2D eigenvalue weighted by Crippen LogP contribution is 2.42. The number of H-pyrrole nitrogens is 1. The third-order valence-corrected chi connectivity index (χ3v) is 8.09. The second-order valence-corrected chi connectivity index (χ2v) is 10.7. The Kier molecular flexibility index (Phi) is 6.18. The van der Waals surface area contributed by atoms with Crippen molar-refractivity contribution in [3.05, 3.63) is 101 Å². The number of para-hydroxylation sites is 1. The molecule has 0 saturated carbocycles. The molecule has 3 heterocycles. The van der Waals surface area contributed by atoms with Crippen LogP contribution in [-0.2, 0) is 22.4 Å². The number of aromatic nitrogens is 1. The molecule has 0 spiro atoms. The van der Waals surface area contributed by atoms with Gasteiger partial charge in [-0.1, -0.05) is 68.4 Å². The number of nitrogens with zero attached hydrogens (tertiary/aromatic N) is 2. The van der Waals surface area contributed by atoms with Crippen molar-refractivity contribution in [2.24, 2.45) is 0 Å². The van der Waals surface area contributed by atoms with E-state index in [-0.39, 0.29) is 24.4 Å². The molecule has 2 aliphatic heterocycles. The van der Waals surface area contributed by atoms with Gasteiger partial charge in [0.05, 0.1) is 19.7 Å². The van der Waals surface area contributed by atoms with Crippen molar-refractivity contribution >= 4 is 22.7 Å². The van der Waals surface area contributed by atoms with Crippen molar-refractivity contribution in [3.63, 3.8) is 0 Å². The highest BCUT2D eigenvalue weighted by Gasteiger charge is 2.48. The molecule has 1 saturated heterocycles. The number of aromatic amines is 1. The number of nitrogens with one attached hydrogen (secondary N) is 1. The molecule has 1 N–H and O–H groups in total. The SMILES string of the molecule is COc1ccc(CCN2CC(=O)N3C(Cc4c([nH]c5ccccc45)C3c3ccc(C(C)C)cc3)C2=O)cc1. The molecule has 0 radical (unpaired) electrons. The zero-order chi connectivity index (χ0) is 26.4. The maximum absolute atomic E-state index is 13.9. The number of hydrogen-bond donors (Lipinski definition) is 1. The fourth-order valence-electron chi connectivity index (χ4n) is 5.98. The molecular weight excluding hydrogens is 474 g/mol. The summed E-state index contributed by atoms with van der Waals surface area (Å²) >= 11 is 0. The molecule has 0 bridgehead atoms. The Bertz CT molecular complexity index is 1490. The Morgan fingerprint density at radius 3 is 2.42 bits per heavy atom. The molecule has 2 atom stereocenters. The Labute approximate surface area is 223 Å². The van der Waals surface area contributed by atoms with E-state index >= 15 is 0 Å². The predicted molar refractivity (Wildman–Crippen MR) is 148 cm³/mol. The molecule has 4 aromatic rings. The number of hydrogen-bond acceptors (Lipinski definition) is 3. The number of rotatable bonds is 6. The number of carbonyl (C=O) groups excluding carboxylic acids is 2. The van der Waals surface area contributed by atoms with E-state index < -0.39 is 6.04 Å². The minimum Gasteiger partial charge on any atom is -0.497 e. The lowest BCUT2D eigenvalue weighted by Gasteiger charge is -2.47. The third kappa shape index (κ3) is 4.14. The van der Waals surface area contributed by atoms with Crippen molar-refractivity contribution in [1.29, 1.82) is 0 Å². The summed E-state index contributed by atoms with van der Waals surface area (Å²) in [6.07, 6.45) is 1.21. The Hall–Kier alpha value is -4.06. The van der Waals surface area contributed by atoms with Crippen LogP contribution in [0.3, 0.4) is 0 Å². The summed E-state index contributed by atoms with van der Waals surface area (Å²) in [6, 6.07) is 23.8. The summed E-state index contributed by atoms with van der Waals surface area (Å²) in [5, 5.41) is 1.13. The fourth-order valence-corrected chi connectivity index (χ4v) is 5.98. The van der Waals surface area contributed by atoms with Gasteiger partial charge in [-0.2, -0.15) is 0 Å². The molecular formula is C32H33N3O3. The van der Waals surface area contributed by atoms with Crippen LogP contribution in [0, 0.1) is 0 Å². The molecule has 2 unspecified atom stereocenters. The van der Waals surface area contributed by atoms with Crippen LogP contribution in [0.1, 0.15) is 53.8 Å². The molecule has 6 rings (SSSR count). The maximum Gasteiger partial charge on any atom is 0.246 e. The van der Waals surface area contributed by atoms with Crippen LogP contribution in [0.5, 0.6) is 5.75 Å². The van der Waals surface area contributed by atoms with Crippen LogP contribution >= 0.6 is 0 Å². The average Bonchev–Trinajstić information content (AvgIpc) is 3.32.